The molecule has 0 radical (unpaired) electrons. The molecule has 0 aliphatic heterocycles. The van der Waals surface area contributed by atoms with Crippen LogP contribution in [0.3, 0.4) is 0 Å². The van der Waals surface area contributed by atoms with Crippen LogP contribution in [0.5, 0.6) is 0 Å². The highest BCUT2D eigenvalue weighted by atomic mass is 16.1. The van der Waals surface area contributed by atoms with Gasteiger partial charge in [-0.15, -0.1) is 0 Å². The van der Waals surface area contributed by atoms with Gasteiger partial charge >= 0.3 is 0 Å². The first kappa shape index (κ1) is 9.58. The molecule has 92 valence electrons. The monoisotopic (exact) mass is 230 g/mol. The zero-order chi connectivity index (χ0) is 11.4. The second kappa shape index (κ2) is 2.38. The maximum Gasteiger partial charge on any atom is 0.140 e. The Hall–Kier alpha value is -0.330. The highest BCUT2D eigenvalue weighted by molar-refractivity contribution is 5.95. The van der Waals surface area contributed by atoms with Gasteiger partial charge in [0.1, 0.15) is 5.78 Å². The summed E-state index contributed by atoms with van der Waals surface area (Å²) in [6.07, 6.45) is 15.0. The van der Waals surface area contributed by atoms with Gasteiger partial charge in [-0.05, 0) is 61.2 Å². The molecular formula is C16H22O. The molecule has 0 N–H and O–H groups in total. The number of fused-ring (bicyclic) bond motifs is 4. The fourth-order valence-electron chi connectivity index (χ4n) is 7.52. The molecule has 1 heteroatoms. The lowest BCUT2D eigenvalue weighted by molar-refractivity contribution is -0.418. The molecule has 5 fully saturated rings. The summed E-state index contributed by atoms with van der Waals surface area (Å²) in [7, 11) is 0. The van der Waals surface area contributed by atoms with Gasteiger partial charge in [-0.2, -0.15) is 0 Å². The third kappa shape index (κ3) is 0.570. The van der Waals surface area contributed by atoms with Crippen molar-refractivity contribution in [1.82, 2.24) is 0 Å². The largest absolute Gasteiger partial charge is 0.299 e. The molecule has 1 nitrogen and oxygen atoms in total. The SMILES string of the molecule is O=C1CCC12C1(CCC1)C1(CCC1)C21CCC1. The summed E-state index contributed by atoms with van der Waals surface area (Å²) in [5.41, 5.74) is 1.98. The van der Waals surface area contributed by atoms with Crippen molar-refractivity contribution in [1.29, 1.82) is 0 Å². The minimum atomic E-state index is 0.233. The van der Waals surface area contributed by atoms with Crippen LogP contribution < -0.4 is 0 Å². The summed E-state index contributed by atoms with van der Waals surface area (Å²) in [5, 5.41) is 0. The number of carbonyl (C=O) groups is 1. The van der Waals surface area contributed by atoms with Crippen LogP contribution in [0.2, 0.25) is 0 Å². The molecule has 0 heterocycles. The van der Waals surface area contributed by atoms with E-state index in [9.17, 15) is 4.79 Å². The lowest BCUT2D eigenvalue weighted by Crippen LogP contribution is -2.88. The van der Waals surface area contributed by atoms with Crippen LogP contribution >= 0.6 is 0 Å². The van der Waals surface area contributed by atoms with E-state index in [4.69, 9.17) is 0 Å². The van der Waals surface area contributed by atoms with E-state index in [2.05, 4.69) is 0 Å². The Kier molecular flexibility index (Phi) is 1.34. The lowest BCUT2D eigenvalue weighted by atomic mass is 9.11. The van der Waals surface area contributed by atoms with Gasteiger partial charge in [0.05, 0.1) is 0 Å². The van der Waals surface area contributed by atoms with E-state index in [0.29, 0.717) is 22.0 Å². The number of hydrogen-bond donors (Lipinski definition) is 0. The molecule has 0 aromatic carbocycles. The van der Waals surface area contributed by atoms with Gasteiger partial charge in [-0.1, -0.05) is 19.3 Å². The van der Waals surface area contributed by atoms with Crippen molar-refractivity contribution in [3.05, 3.63) is 0 Å². The molecule has 5 aliphatic carbocycles. The first-order chi connectivity index (χ1) is 8.25. The molecule has 0 aromatic rings. The first-order valence-corrected chi connectivity index (χ1v) is 7.78. The third-order valence-corrected chi connectivity index (χ3v) is 8.29. The van der Waals surface area contributed by atoms with E-state index < -0.39 is 0 Å². The van der Waals surface area contributed by atoms with E-state index in [-0.39, 0.29) is 5.41 Å². The van der Waals surface area contributed by atoms with Gasteiger partial charge in [0.25, 0.3) is 0 Å². The summed E-state index contributed by atoms with van der Waals surface area (Å²) in [6, 6.07) is 0. The number of Topliss-reactive ketones (excluding diaryl/α,β-unsaturated/α-hetero) is 1. The number of rotatable bonds is 0. The highest BCUT2D eigenvalue weighted by Crippen LogP contribution is 2.95. The topological polar surface area (TPSA) is 17.1 Å². The van der Waals surface area contributed by atoms with Gasteiger partial charge in [-0.3, -0.25) is 4.79 Å². The number of hydrogen-bond acceptors (Lipinski definition) is 1. The van der Waals surface area contributed by atoms with E-state index in [1.54, 1.807) is 0 Å². The molecule has 5 rings (SSSR count). The fourth-order valence-corrected chi connectivity index (χ4v) is 7.52. The Morgan fingerprint density at radius 1 is 0.647 bits per heavy atom. The predicted molar refractivity (Wildman–Crippen MR) is 65.5 cm³/mol. The summed E-state index contributed by atoms with van der Waals surface area (Å²) >= 11 is 0. The lowest BCUT2D eigenvalue weighted by Gasteiger charge is -2.92. The summed E-state index contributed by atoms with van der Waals surface area (Å²) in [4.78, 5) is 12.5. The summed E-state index contributed by atoms with van der Waals surface area (Å²) in [6.45, 7) is 0. The van der Waals surface area contributed by atoms with Crippen molar-refractivity contribution >= 4 is 5.78 Å². The van der Waals surface area contributed by atoms with Gasteiger partial charge in [0.15, 0.2) is 0 Å². The van der Waals surface area contributed by atoms with Crippen molar-refractivity contribution in [2.75, 3.05) is 0 Å². The number of carbonyl (C=O) groups excluding carboxylic acids is 1. The standard InChI is InChI=1S/C16H22O/c17-12-4-11-16(12)14(7-2-8-14)13(5-1-6-13)15(16)9-3-10-15/h1-11H2. The Balaban J connectivity index is 1.70. The molecule has 4 spiro atoms. The zero-order valence-electron chi connectivity index (χ0n) is 10.7. The smallest absolute Gasteiger partial charge is 0.140 e. The molecule has 0 bridgehead atoms. The highest BCUT2D eigenvalue weighted by Gasteiger charge is 2.91. The normalized spacial score (nSPS) is 40.4. The zero-order valence-corrected chi connectivity index (χ0v) is 10.7. The molecule has 5 aliphatic rings. The molecule has 0 unspecified atom stereocenters. The quantitative estimate of drug-likeness (QED) is 0.617. The van der Waals surface area contributed by atoms with E-state index in [1.807, 2.05) is 0 Å². The van der Waals surface area contributed by atoms with Crippen molar-refractivity contribution < 1.29 is 4.79 Å². The maximum atomic E-state index is 12.5. The van der Waals surface area contributed by atoms with Crippen molar-refractivity contribution in [2.45, 2.75) is 70.6 Å². The van der Waals surface area contributed by atoms with Crippen LogP contribution in [0.25, 0.3) is 0 Å². The van der Waals surface area contributed by atoms with Gasteiger partial charge in [0.2, 0.25) is 0 Å². The van der Waals surface area contributed by atoms with Crippen LogP contribution in [0.15, 0.2) is 0 Å². The van der Waals surface area contributed by atoms with E-state index in [0.717, 1.165) is 6.42 Å². The molecule has 0 saturated heterocycles. The van der Waals surface area contributed by atoms with E-state index in [1.165, 1.54) is 64.2 Å². The van der Waals surface area contributed by atoms with Gasteiger partial charge in [0, 0.05) is 11.8 Å². The number of ketones is 1. The van der Waals surface area contributed by atoms with Crippen molar-refractivity contribution in [2.24, 2.45) is 21.7 Å². The second-order valence-corrected chi connectivity index (χ2v) is 7.64. The maximum absolute atomic E-state index is 12.5. The van der Waals surface area contributed by atoms with Crippen LogP contribution in [-0.4, -0.2) is 5.78 Å². The fraction of sp³-hybridized carbons (Fsp3) is 0.938. The van der Waals surface area contributed by atoms with Crippen molar-refractivity contribution in [3.8, 4) is 0 Å². The van der Waals surface area contributed by atoms with Crippen LogP contribution in [0.1, 0.15) is 70.6 Å². The molecule has 0 amide bonds. The van der Waals surface area contributed by atoms with Gasteiger partial charge in [-0.25, -0.2) is 0 Å². The molecule has 17 heavy (non-hydrogen) atoms. The molecular weight excluding hydrogens is 208 g/mol. The third-order valence-electron chi connectivity index (χ3n) is 8.29. The van der Waals surface area contributed by atoms with Crippen molar-refractivity contribution in [3.63, 3.8) is 0 Å². The molecule has 5 saturated carbocycles. The summed E-state index contributed by atoms with van der Waals surface area (Å²) < 4.78 is 0. The Morgan fingerprint density at radius 3 is 1.29 bits per heavy atom. The first-order valence-electron chi connectivity index (χ1n) is 7.78. The Bertz CT molecular complexity index is 397. The molecule has 0 atom stereocenters. The van der Waals surface area contributed by atoms with E-state index >= 15 is 0 Å². The average molecular weight is 230 g/mol. The Labute approximate surface area is 103 Å². The predicted octanol–water partition coefficient (Wildman–Crippen LogP) is 3.86. The Morgan fingerprint density at radius 2 is 1.12 bits per heavy atom. The molecule has 0 aromatic heterocycles. The minimum Gasteiger partial charge on any atom is -0.299 e. The van der Waals surface area contributed by atoms with Crippen LogP contribution in [0.4, 0.5) is 0 Å². The van der Waals surface area contributed by atoms with Crippen LogP contribution in [0, 0.1) is 21.7 Å². The second-order valence-electron chi connectivity index (χ2n) is 7.64. The van der Waals surface area contributed by atoms with Crippen LogP contribution in [-0.2, 0) is 4.79 Å². The van der Waals surface area contributed by atoms with Gasteiger partial charge < -0.3 is 0 Å². The average Bonchev–Trinajstić information content (AvgIpc) is 2.06. The minimum absolute atomic E-state index is 0.233. The summed E-state index contributed by atoms with van der Waals surface area (Å²) in [5.74, 6) is 0.689.